The van der Waals surface area contributed by atoms with Crippen LogP contribution in [0.4, 0.5) is 17.1 Å². The molecule has 0 atom stereocenters. The molecule has 0 aliphatic heterocycles. The number of fused-ring (bicyclic) bond motifs is 12. The molecular formula is C57H37N. The summed E-state index contributed by atoms with van der Waals surface area (Å²) in [6.45, 7) is 0. The Morgan fingerprint density at radius 1 is 0.276 bits per heavy atom. The van der Waals surface area contributed by atoms with Gasteiger partial charge in [-0.05, 0) is 114 Å². The predicted octanol–water partition coefficient (Wildman–Crippen LogP) is 15.1. The van der Waals surface area contributed by atoms with Gasteiger partial charge in [-0.15, -0.1) is 0 Å². The smallest absolute Gasteiger partial charge is 0.0726 e. The third-order valence-corrected chi connectivity index (χ3v) is 12.6. The van der Waals surface area contributed by atoms with Crippen molar-refractivity contribution in [2.24, 2.45) is 0 Å². The number of rotatable bonds is 5. The van der Waals surface area contributed by atoms with Gasteiger partial charge in [-0.1, -0.05) is 188 Å². The summed E-state index contributed by atoms with van der Waals surface area (Å²) >= 11 is 0. The first-order valence-corrected chi connectivity index (χ1v) is 20.2. The molecule has 0 aromatic heterocycles. The molecule has 1 nitrogen and oxygen atoms in total. The predicted molar refractivity (Wildman–Crippen MR) is 243 cm³/mol. The fourth-order valence-electron chi connectivity index (χ4n) is 10.2. The molecule has 0 unspecified atom stereocenters. The van der Waals surface area contributed by atoms with Crippen molar-refractivity contribution < 1.29 is 0 Å². The minimum atomic E-state index is -0.442. The fourth-order valence-corrected chi connectivity index (χ4v) is 10.2. The normalized spacial score (nSPS) is 13.0. The topological polar surface area (TPSA) is 3.24 Å². The summed E-state index contributed by atoms with van der Waals surface area (Å²) in [7, 11) is 0. The standard InChI is InChI=1S/C57H37N/c1-2-15-38(16-3-1)40-31-33-45(34-32-40)58(55-37-43-20-7-6-19-42(43)36-49(55)44-30-29-39-17-4-5-18-41(39)35-44)54-28-14-27-53-56(54)48-23-10-13-26-52(48)57(53)50-24-11-8-21-46(50)47-22-9-12-25-51(47)57/h1-37H. The molecule has 0 fully saturated rings. The molecule has 0 radical (unpaired) electrons. The molecule has 2 aliphatic carbocycles. The monoisotopic (exact) mass is 735 g/mol. The average molecular weight is 736 g/mol. The highest BCUT2D eigenvalue weighted by Crippen LogP contribution is 2.64. The number of anilines is 3. The van der Waals surface area contributed by atoms with Gasteiger partial charge in [0.05, 0.1) is 16.8 Å². The second-order valence-electron chi connectivity index (χ2n) is 15.6. The summed E-state index contributed by atoms with van der Waals surface area (Å²) in [4.78, 5) is 2.53. The lowest BCUT2D eigenvalue weighted by Crippen LogP contribution is -2.26. The molecule has 0 bridgehead atoms. The van der Waals surface area contributed by atoms with E-state index in [0.717, 1.165) is 17.1 Å². The number of hydrogen-bond donors (Lipinski definition) is 0. The molecule has 0 N–H and O–H groups in total. The molecule has 10 aromatic rings. The van der Waals surface area contributed by atoms with Gasteiger partial charge < -0.3 is 4.90 Å². The van der Waals surface area contributed by atoms with Gasteiger partial charge in [0.25, 0.3) is 0 Å². The molecule has 1 heteroatoms. The van der Waals surface area contributed by atoms with Crippen LogP contribution < -0.4 is 4.90 Å². The van der Waals surface area contributed by atoms with Crippen LogP contribution in [0.2, 0.25) is 0 Å². The lowest BCUT2D eigenvalue weighted by Gasteiger charge is -2.32. The van der Waals surface area contributed by atoms with Gasteiger partial charge in [-0.3, -0.25) is 0 Å². The molecule has 58 heavy (non-hydrogen) atoms. The van der Waals surface area contributed by atoms with Gasteiger partial charge in [-0.2, -0.15) is 0 Å². The van der Waals surface area contributed by atoms with E-state index >= 15 is 0 Å². The van der Waals surface area contributed by atoms with E-state index in [1.807, 2.05) is 0 Å². The van der Waals surface area contributed by atoms with E-state index in [1.165, 1.54) is 88.3 Å². The van der Waals surface area contributed by atoms with Crippen LogP contribution in [-0.2, 0) is 5.41 Å². The van der Waals surface area contributed by atoms with E-state index in [0.29, 0.717) is 0 Å². The largest absolute Gasteiger partial charge is 0.309 e. The van der Waals surface area contributed by atoms with Crippen molar-refractivity contribution in [2.45, 2.75) is 5.41 Å². The van der Waals surface area contributed by atoms with E-state index in [2.05, 4.69) is 229 Å². The van der Waals surface area contributed by atoms with Crippen molar-refractivity contribution in [3.63, 3.8) is 0 Å². The maximum absolute atomic E-state index is 2.53. The first-order chi connectivity index (χ1) is 28.8. The Labute approximate surface area is 338 Å². The van der Waals surface area contributed by atoms with Crippen molar-refractivity contribution in [3.8, 4) is 44.5 Å². The summed E-state index contributed by atoms with van der Waals surface area (Å²) in [5.41, 5.74) is 18.3. The van der Waals surface area contributed by atoms with Gasteiger partial charge in [0.15, 0.2) is 0 Å². The highest BCUT2D eigenvalue weighted by Gasteiger charge is 2.52. The lowest BCUT2D eigenvalue weighted by atomic mass is 9.70. The quantitative estimate of drug-likeness (QED) is 0.170. The zero-order valence-electron chi connectivity index (χ0n) is 31.8. The Kier molecular flexibility index (Phi) is 7.21. The van der Waals surface area contributed by atoms with Crippen LogP contribution in [0.15, 0.2) is 224 Å². The van der Waals surface area contributed by atoms with Crippen molar-refractivity contribution in [3.05, 3.63) is 247 Å². The Bertz CT molecular complexity index is 3180. The SMILES string of the molecule is c1ccc(-c2ccc(N(c3cc4ccccc4cc3-c3ccc4ccccc4c3)c3cccc4c3-c3ccccc3C43c4ccccc4-c4ccccc43)cc2)cc1. The van der Waals surface area contributed by atoms with Crippen LogP contribution in [0.25, 0.3) is 66.1 Å². The van der Waals surface area contributed by atoms with E-state index in [-0.39, 0.29) is 0 Å². The average Bonchev–Trinajstić information content (AvgIpc) is 3.77. The Morgan fingerprint density at radius 3 is 1.47 bits per heavy atom. The van der Waals surface area contributed by atoms with Crippen LogP contribution >= 0.6 is 0 Å². The summed E-state index contributed by atoms with van der Waals surface area (Å²) in [5.74, 6) is 0. The number of benzene rings is 10. The molecule has 0 heterocycles. The maximum Gasteiger partial charge on any atom is 0.0726 e. The van der Waals surface area contributed by atoms with Crippen LogP contribution in [0.3, 0.4) is 0 Å². The van der Waals surface area contributed by atoms with Gasteiger partial charge in [-0.25, -0.2) is 0 Å². The first-order valence-electron chi connectivity index (χ1n) is 20.2. The van der Waals surface area contributed by atoms with Crippen molar-refractivity contribution in [1.82, 2.24) is 0 Å². The molecule has 0 saturated carbocycles. The van der Waals surface area contributed by atoms with Gasteiger partial charge in [0.2, 0.25) is 0 Å². The molecular weight excluding hydrogens is 699 g/mol. The minimum absolute atomic E-state index is 0.442. The van der Waals surface area contributed by atoms with Crippen LogP contribution in [0.1, 0.15) is 22.3 Å². The van der Waals surface area contributed by atoms with E-state index < -0.39 is 5.41 Å². The molecule has 12 rings (SSSR count). The summed E-state index contributed by atoms with van der Waals surface area (Å²) in [6, 6.07) is 83.2. The third kappa shape index (κ3) is 4.71. The van der Waals surface area contributed by atoms with Gasteiger partial charge in [0.1, 0.15) is 0 Å². The second kappa shape index (κ2) is 12.8. The number of hydrogen-bond acceptors (Lipinski definition) is 1. The van der Waals surface area contributed by atoms with Crippen molar-refractivity contribution in [1.29, 1.82) is 0 Å². The molecule has 1 spiro atoms. The van der Waals surface area contributed by atoms with E-state index in [9.17, 15) is 0 Å². The summed E-state index contributed by atoms with van der Waals surface area (Å²) in [5, 5.41) is 4.89. The molecule has 0 amide bonds. The Morgan fingerprint density at radius 2 is 0.776 bits per heavy atom. The zero-order valence-corrected chi connectivity index (χ0v) is 31.8. The Hall–Kier alpha value is -7.48. The van der Waals surface area contributed by atoms with Gasteiger partial charge in [0, 0.05) is 16.8 Å². The van der Waals surface area contributed by atoms with Gasteiger partial charge >= 0.3 is 0 Å². The molecule has 0 saturated heterocycles. The minimum Gasteiger partial charge on any atom is -0.309 e. The molecule has 270 valence electrons. The van der Waals surface area contributed by atoms with Crippen LogP contribution in [0, 0.1) is 0 Å². The van der Waals surface area contributed by atoms with E-state index in [1.54, 1.807) is 0 Å². The number of nitrogens with zero attached hydrogens (tertiary/aromatic N) is 1. The maximum atomic E-state index is 2.53. The second-order valence-corrected chi connectivity index (χ2v) is 15.6. The zero-order chi connectivity index (χ0) is 38.2. The summed E-state index contributed by atoms with van der Waals surface area (Å²) < 4.78 is 0. The third-order valence-electron chi connectivity index (χ3n) is 12.6. The summed E-state index contributed by atoms with van der Waals surface area (Å²) in [6.07, 6.45) is 0. The first kappa shape index (κ1) is 32.7. The highest BCUT2D eigenvalue weighted by molar-refractivity contribution is 6.05. The fraction of sp³-hybridized carbons (Fsp3) is 0.0175. The van der Waals surface area contributed by atoms with Crippen LogP contribution in [0.5, 0.6) is 0 Å². The lowest BCUT2D eigenvalue weighted by molar-refractivity contribution is 0.794. The molecule has 2 aliphatic rings. The molecule has 10 aromatic carbocycles. The van der Waals surface area contributed by atoms with E-state index in [4.69, 9.17) is 0 Å². The van der Waals surface area contributed by atoms with Crippen molar-refractivity contribution in [2.75, 3.05) is 4.90 Å². The van der Waals surface area contributed by atoms with Crippen molar-refractivity contribution >= 4 is 38.6 Å². The highest BCUT2D eigenvalue weighted by atomic mass is 15.1. The van der Waals surface area contributed by atoms with Crippen LogP contribution in [-0.4, -0.2) is 0 Å². The Balaban J connectivity index is 1.18.